The molecule has 0 radical (unpaired) electrons. The molecule has 3 N–H and O–H groups in total. The Morgan fingerprint density at radius 1 is 0.955 bits per heavy atom. The highest BCUT2D eigenvalue weighted by atomic mass is 16.1. The van der Waals surface area contributed by atoms with Crippen molar-refractivity contribution in [3.05, 3.63) is 65.7 Å². The van der Waals surface area contributed by atoms with Crippen molar-refractivity contribution < 1.29 is 10.1 Å². The minimum atomic E-state index is 0.0279. The van der Waals surface area contributed by atoms with Gasteiger partial charge in [0, 0.05) is 11.3 Å². The van der Waals surface area contributed by atoms with Gasteiger partial charge in [0.1, 0.15) is 6.04 Å². The van der Waals surface area contributed by atoms with Crippen LogP contribution >= 0.6 is 0 Å². The molecule has 0 heterocycles. The molecule has 3 nitrogen and oxygen atoms in total. The fraction of sp³-hybridized carbons (Fsp3) is 0.316. The summed E-state index contributed by atoms with van der Waals surface area (Å²) < 4.78 is 0. The number of nitrogens with one attached hydrogen (secondary N) is 1. The van der Waals surface area contributed by atoms with Crippen molar-refractivity contribution in [3.63, 3.8) is 0 Å². The number of nitrogens with two attached hydrogens (primary N) is 1. The first-order chi connectivity index (χ1) is 10.6. The van der Waals surface area contributed by atoms with Crippen LogP contribution in [0, 0.1) is 0 Å². The Labute approximate surface area is 132 Å². The van der Waals surface area contributed by atoms with Crippen LogP contribution in [0.2, 0.25) is 0 Å². The molecule has 116 valence electrons. The molecule has 0 saturated heterocycles. The standard InChI is InChI=1S/C19H24N2O/c1-14(2)16-9-11-18(12-10-16)21-19(22)13-20-15(3)17-7-5-4-6-8-17/h4-12,14-15,20H,13H2,1-3H3,(H,21,22)/p+1/t15-/m1/s1. The van der Waals surface area contributed by atoms with E-state index in [1.807, 2.05) is 35.6 Å². The van der Waals surface area contributed by atoms with Crippen molar-refractivity contribution in [3.8, 4) is 0 Å². The van der Waals surface area contributed by atoms with Gasteiger partial charge in [0.2, 0.25) is 0 Å². The average Bonchev–Trinajstić information content (AvgIpc) is 2.54. The molecular weight excluding hydrogens is 272 g/mol. The maximum Gasteiger partial charge on any atom is 0.279 e. The lowest BCUT2D eigenvalue weighted by Gasteiger charge is -2.11. The van der Waals surface area contributed by atoms with Gasteiger partial charge in [-0.2, -0.15) is 0 Å². The lowest BCUT2D eigenvalue weighted by Crippen LogP contribution is -2.86. The Hall–Kier alpha value is -2.13. The normalized spacial score (nSPS) is 12.2. The lowest BCUT2D eigenvalue weighted by atomic mass is 10.0. The summed E-state index contributed by atoms with van der Waals surface area (Å²) in [5, 5.41) is 4.99. The molecule has 2 rings (SSSR count). The molecule has 0 aliphatic carbocycles. The zero-order valence-corrected chi connectivity index (χ0v) is 13.5. The zero-order chi connectivity index (χ0) is 15.9. The molecule has 0 aliphatic rings. The summed E-state index contributed by atoms with van der Waals surface area (Å²) in [6.07, 6.45) is 0. The van der Waals surface area contributed by atoms with Crippen molar-refractivity contribution in [2.75, 3.05) is 11.9 Å². The van der Waals surface area contributed by atoms with Crippen LogP contribution < -0.4 is 10.6 Å². The Morgan fingerprint density at radius 2 is 1.59 bits per heavy atom. The van der Waals surface area contributed by atoms with Crippen molar-refractivity contribution in [1.82, 2.24) is 0 Å². The summed E-state index contributed by atoms with van der Waals surface area (Å²) in [6, 6.07) is 18.6. The molecule has 0 spiro atoms. The Kier molecular flexibility index (Phi) is 5.73. The van der Waals surface area contributed by atoms with Crippen LogP contribution in [0.25, 0.3) is 0 Å². The number of hydrogen-bond donors (Lipinski definition) is 2. The van der Waals surface area contributed by atoms with Crippen molar-refractivity contribution in [1.29, 1.82) is 0 Å². The van der Waals surface area contributed by atoms with E-state index in [1.165, 1.54) is 11.1 Å². The first-order valence-corrected chi connectivity index (χ1v) is 7.84. The second-order valence-corrected chi connectivity index (χ2v) is 5.96. The van der Waals surface area contributed by atoms with E-state index in [0.717, 1.165) is 5.69 Å². The summed E-state index contributed by atoms with van der Waals surface area (Å²) >= 11 is 0. The molecule has 0 bridgehead atoms. The maximum absolute atomic E-state index is 12.0. The van der Waals surface area contributed by atoms with Crippen molar-refractivity contribution in [2.45, 2.75) is 32.7 Å². The second-order valence-electron chi connectivity index (χ2n) is 5.96. The van der Waals surface area contributed by atoms with Crippen LogP contribution in [0.5, 0.6) is 0 Å². The minimum absolute atomic E-state index is 0.0279. The molecule has 3 heteroatoms. The number of benzene rings is 2. The molecule has 22 heavy (non-hydrogen) atoms. The summed E-state index contributed by atoms with van der Waals surface area (Å²) in [6.45, 7) is 6.85. The summed E-state index contributed by atoms with van der Waals surface area (Å²) in [5.41, 5.74) is 3.37. The first-order valence-electron chi connectivity index (χ1n) is 7.84. The molecule has 0 saturated carbocycles. The van der Waals surface area contributed by atoms with E-state index in [2.05, 4.69) is 50.4 Å². The molecule has 2 aromatic rings. The summed E-state index contributed by atoms with van der Waals surface area (Å²) in [7, 11) is 0. The Morgan fingerprint density at radius 3 is 2.18 bits per heavy atom. The van der Waals surface area contributed by atoms with Crippen LogP contribution in [0.4, 0.5) is 5.69 Å². The van der Waals surface area contributed by atoms with Crippen molar-refractivity contribution in [2.24, 2.45) is 0 Å². The van der Waals surface area contributed by atoms with Gasteiger partial charge in [0.15, 0.2) is 6.54 Å². The quantitative estimate of drug-likeness (QED) is 0.845. The van der Waals surface area contributed by atoms with E-state index in [0.29, 0.717) is 12.5 Å². The van der Waals surface area contributed by atoms with Gasteiger partial charge in [-0.1, -0.05) is 56.3 Å². The zero-order valence-electron chi connectivity index (χ0n) is 13.5. The number of carbonyl (C=O) groups is 1. The fourth-order valence-corrected chi connectivity index (χ4v) is 2.34. The number of amides is 1. The van der Waals surface area contributed by atoms with Gasteiger partial charge in [0.05, 0.1) is 0 Å². The van der Waals surface area contributed by atoms with Crippen LogP contribution in [-0.4, -0.2) is 12.5 Å². The topological polar surface area (TPSA) is 45.7 Å². The third kappa shape index (κ3) is 4.71. The number of anilines is 1. The highest BCUT2D eigenvalue weighted by molar-refractivity contribution is 5.91. The predicted molar refractivity (Wildman–Crippen MR) is 90.8 cm³/mol. The smallest absolute Gasteiger partial charge is 0.279 e. The van der Waals surface area contributed by atoms with Crippen LogP contribution in [0.15, 0.2) is 54.6 Å². The largest absolute Gasteiger partial charge is 0.333 e. The van der Waals surface area contributed by atoms with Gasteiger partial charge in [-0.3, -0.25) is 4.79 Å². The van der Waals surface area contributed by atoms with Crippen LogP contribution in [-0.2, 0) is 4.79 Å². The van der Waals surface area contributed by atoms with E-state index in [1.54, 1.807) is 0 Å². The monoisotopic (exact) mass is 297 g/mol. The third-order valence-electron chi connectivity index (χ3n) is 3.84. The summed E-state index contributed by atoms with van der Waals surface area (Å²) in [4.78, 5) is 12.0. The van der Waals surface area contributed by atoms with E-state index in [4.69, 9.17) is 0 Å². The molecular formula is C19H25N2O+. The van der Waals surface area contributed by atoms with Crippen molar-refractivity contribution >= 4 is 11.6 Å². The fourth-order valence-electron chi connectivity index (χ4n) is 2.34. The van der Waals surface area contributed by atoms with Gasteiger partial charge in [-0.05, 0) is 30.5 Å². The average molecular weight is 297 g/mol. The maximum atomic E-state index is 12.0. The molecule has 1 amide bonds. The van der Waals surface area contributed by atoms with Gasteiger partial charge in [-0.15, -0.1) is 0 Å². The highest BCUT2D eigenvalue weighted by Gasteiger charge is 2.11. The first kappa shape index (κ1) is 16.2. The Bertz CT molecular complexity index is 591. The van der Waals surface area contributed by atoms with E-state index in [-0.39, 0.29) is 11.9 Å². The van der Waals surface area contributed by atoms with Gasteiger partial charge in [-0.25, -0.2) is 0 Å². The van der Waals surface area contributed by atoms with E-state index in [9.17, 15) is 4.79 Å². The lowest BCUT2D eigenvalue weighted by molar-refractivity contribution is -0.682. The predicted octanol–water partition coefficient (Wildman–Crippen LogP) is 3.07. The van der Waals surface area contributed by atoms with Crippen LogP contribution in [0.3, 0.4) is 0 Å². The number of rotatable bonds is 6. The van der Waals surface area contributed by atoms with Gasteiger partial charge < -0.3 is 10.6 Å². The minimum Gasteiger partial charge on any atom is -0.333 e. The molecule has 2 aromatic carbocycles. The Balaban J connectivity index is 1.83. The molecule has 0 aromatic heterocycles. The second kappa shape index (κ2) is 7.76. The number of quaternary nitrogens is 1. The molecule has 0 fully saturated rings. The van der Waals surface area contributed by atoms with Gasteiger partial charge in [0.25, 0.3) is 5.91 Å². The van der Waals surface area contributed by atoms with E-state index >= 15 is 0 Å². The van der Waals surface area contributed by atoms with E-state index < -0.39 is 0 Å². The number of carbonyl (C=O) groups excluding carboxylic acids is 1. The third-order valence-corrected chi connectivity index (χ3v) is 3.84. The van der Waals surface area contributed by atoms with Crippen LogP contribution in [0.1, 0.15) is 43.9 Å². The molecule has 0 aliphatic heterocycles. The van der Waals surface area contributed by atoms with Gasteiger partial charge >= 0.3 is 0 Å². The highest BCUT2D eigenvalue weighted by Crippen LogP contribution is 2.16. The molecule has 0 unspecified atom stereocenters. The SMILES string of the molecule is CC(C)c1ccc(NC(=O)C[NH2+][C@H](C)c2ccccc2)cc1. The molecule has 1 atom stereocenters. The summed E-state index contributed by atoms with van der Waals surface area (Å²) in [5.74, 6) is 0.532. The number of hydrogen-bond acceptors (Lipinski definition) is 1.